The lowest BCUT2D eigenvalue weighted by Gasteiger charge is -2.50. The molecule has 0 bridgehead atoms. The highest BCUT2D eigenvalue weighted by molar-refractivity contribution is 5.79. The van der Waals surface area contributed by atoms with Crippen LogP contribution in [-0.2, 0) is 32.8 Å². The molecule has 1 N–H and O–H groups in total. The fourth-order valence-electron chi connectivity index (χ4n) is 4.69. The van der Waals surface area contributed by atoms with Crippen LogP contribution in [0.3, 0.4) is 0 Å². The maximum absolute atomic E-state index is 12.8. The monoisotopic (exact) mass is 400 g/mol. The van der Waals surface area contributed by atoms with Crippen LogP contribution in [0.1, 0.15) is 36.5 Å². The molecular weight excluding hydrogens is 372 g/mol. The summed E-state index contributed by atoms with van der Waals surface area (Å²) in [5.74, 6) is 1.04. The van der Waals surface area contributed by atoms with Gasteiger partial charge in [0.2, 0.25) is 11.8 Å². The van der Waals surface area contributed by atoms with Crippen LogP contribution in [-0.4, -0.2) is 74.5 Å². The van der Waals surface area contributed by atoms with Crippen molar-refractivity contribution < 1.29 is 14.3 Å². The summed E-state index contributed by atoms with van der Waals surface area (Å²) >= 11 is 0. The highest BCUT2D eigenvalue weighted by atomic mass is 16.5. The van der Waals surface area contributed by atoms with Gasteiger partial charge in [0.1, 0.15) is 12.4 Å². The van der Waals surface area contributed by atoms with E-state index in [1.54, 1.807) is 12.5 Å². The molecule has 2 aromatic rings. The number of carbonyl (C=O) groups is 2. The number of nitrogens with zero attached hydrogens (tertiary/aromatic N) is 5. The topological polar surface area (TPSA) is 96.4 Å². The van der Waals surface area contributed by atoms with E-state index in [1.807, 2.05) is 27.5 Å². The van der Waals surface area contributed by atoms with Crippen molar-refractivity contribution in [3.63, 3.8) is 0 Å². The molecular formula is C20H28N6O3. The normalized spacial score (nSPS) is 18.1. The Morgan fingerprint density at radius 1 is 1.21 bits per heavy atom. The molecule has 9 heteroatoms. The Morgan fingerprint density at radius 2 is 2.00 bits per heavy atom. The van der Waals surface area contributed by atoms with Gasteiger partial charge >= 0.3 is 0 Å². The minimum absolute atomic E-state index is 0.0171. The molecule has 0 aliphatic carbocycles. The van der Waals surface area contributed by atoms with Crippen molar-refractivity contribution in [1.82, 2.24) is 29.3 Å². The van der Waals surface area contributed by atoms with E-state index < -0.39 is 5.54 Å². The highest BCUT2D eigenvalue weighted by Gasteiger charge is 2.48. The molecule has 9 nitrogen and oxygen atoms in total. The number of imidazole rings is 2. The second kappa shape index (κ2) is 7.98. The second-order valence-corrected chi connectivity index (χ2v) is 7.79. The predicted octanol–water partition coefficient (Wildman–Crippen LogP) is 0.854. The smallest absolute Gasteiger partial charge is 0.249 e. The van der Waals surface area contributed by atoms with E-state index >= 15 is 0 Å². The Hall–Kier alpha value is -2.68. The van der Waals surface area contributed by atoms with Gasteiger partial charge in [0.15, 0.2) is 0 Å². The molecule has 2 aliphatic heterocycles. The highest BCUT2D eigenvalue weighted by Crippen LogP contribution is 2.42. The second-order valence-electron chi connectivity index (χ2n) is 7.79. The van der Waals surface area contributed by atoms with Gasteiger partial charge in [0, 0.05) is 64.2 Å². The molecule has 29 heavy (non-hydrogen) atoms. The molecule has 2 aliphatic rings. The number of aromatic amines is 1. The number of carbonyl (C=O) groups excluding carboxylic acids is 2. The van der Waals surface area contributed by atoms with Crippen molar-refractivity contribution in [3.8, 4) is 0 Å². The summed E-state index contributed by atoms with van der Waals surface area (Å²) in [6.07, 6.45) is 7.95. The van der Waals surface area contributed by atoms with Crippen LogP contribution in [0.2, 0.25) is 0 Å². The lowest BCUT2D eigenvalue weighted by Crippen LogP contribution is -2.59. The summed E-state index contributed by atoms with van der Waals surface area (Å²) in [4.78, 5) is 41.4. The summed E-state index contributed by atoms with van der Waals surface area (Å²) in [6, 6.07) is 0. The van der Waals surface area contributed by atoms with Gasteiger partial charge in [-0.2, -0.15) is 0 Å². The first-order chi connectivity index (χ1) is 14.0. The number of hydrogen-bond donors (Lipinski definition) is 1. The zero-order valence-corrected chi connectivity index (χ0v) is 17.1. The van der Waals surface area contributed by atoms with E-state index in [4.69, 9.17) is 4.74 Å². The molecule has 1 fully saturated rings. The van der Waals surface area contributed by atoms with Crippen LogP contribution in [0.5, 0.6) is 0 Å². The summed E-state index contributed by atoms with van der Waals surface area (Å²) in [7, 11) is 1.54. The van der Waals surface area contributed by atoms with Crippen LogP contribution >= 0.6 is 0 Å². The Bertz CT molecular complexity index is 880. The number of rotatable bonds is 5. The van der Waals surface area contributed by atoms with Crippen LogP contribution in [0.25, 0.3) is 0 Å². The van der Waals surface area contributed by atoms with Gasteiger partial charge in [-0.25, -0.2) is 9.97 Å². The van der Waals surface area contributed by atoms with Gasteiger partial charge in [0.25, 0.3) is 0 Å². The molecule has 1 spiro atoms. The molecule has 4 heterocycles. The van der Waals surface area contributed by atoms with Gasteiger partial charge in [0.05, 0.1) is 17.6 Å². The van der Waals surface area contributed by atoms with E-state index in [0.717, 1.165) is 23.6 Å². The first kappa shape index (κ1) is 19.6. The predicted molar refractivity (Wildman–Crippen MR) is 105 cm³/mol. The van der Waals surface area contributed by atoms with Gasteiger partial charge in [-0.3, -0.25) is 9.59 Å². The maximum atomic E-state index is 12.8. The number of piperidine rings is 1. The van der Waals surface area contributed by atoms with E-state index in [1.165, 1.54) is 7.11 Å². The third-order valence-electron chi connectivity index (χ3n) is 6.26. The van der Waals surface area contributed by atoms with Crippen molar-refractivity contribution in [2.45, 2.75) is 44.7 Å². The number of aryl methyl sites for hydroxylation is 2. The Kier molecular flexibility index (Phi) is 5.40. The maximum Gasteiger partial charge on any atom is 0.249 e. The molecule has 0 saturated carbocycles. The fourth-order valence-corrected chi connectivity index (χ4v) is 4.69. The van der Waals surface area contributed by atoms with E-state index in [-0.39, 0.29) is 18.4 Å². The number of nitrogens with one attached hydrogen (secondary N) is 1. The van der Waals surface area contributed by atoms with E-state index in [9.17, 15) is 9.59 Å². The van der Waals surface area contributed by atoms with Gasteiger partial charge in [-0.1, -0.05) is 0 Å². The Morgan fingerprint density at radius 3 is 2.69 bits per heavy atom. The third-order valence-corrected chi connectivity index (χ3v) is 6.26. The van der Waals surface area contributed by atoms with Gasteiger partial charge in [-0.05, 0) is 19.8 Å². The Balaban J connectivity index is 1.46. The lowest BCUT2D eigenvalue weighted by molar-refractivity contribution is -0.147. The van der Waals surface area contributed by atoms with Crippen LogP contribution < -0.4 is 0 Å². The van der Waals surface area contributed by atoms with Crippen molar-refractivity contribution >= 4 is 11.8 Å². The molecule has 0 atom stereocenters. The van der Waals surface area contributed by atoms with E-state index in [0.29, 0.717) is 45.4 Å². The molecule has 0 unspecified atom stereocenters. The minimum atomic E-state index is -0.457. The van der Waals surface area contributed by atoms with Crippen LogP contribution in [0.15, 0.2) is 18.7 Å². The number of likely N-dealkylation sites (tertiary alicyclic amines) is 1. The first-order valence-corrected chi connectivity index (χ1v) is 10.1. The Labute approximate surface area is 170 Å². The summed E-state index contributed by atoms with van der Waals surface area (Å²) in [5.41, 5.74) is 1.59. The standard InChI is InChI=1S/C20H28N6O3/c1-15-21-7-12-24(15)8-4-17(27)25-10-5-20(6-11-25)19-16(22-14-23-19)3-9-26(20)18(28)13-29-2/h7,12,14H,3-6,8-11,13H2,1-2H3,(H,22,23). The summed E-state index contributed by atoms with van der Waals surface area (Å²) < 4.78 is 7.10. The molecule has 2 amide bonds. The molecule has 0 radical (unpaired) electrons. The number of H-pyrrole nitrogens is 1. The average Bonchev–Trinajstić information content (AvgIpc) is 3.36. The minimum Gasteiger partial charge on any atom is -0.375 e. The first-order valence-electron chi connectivity index (χ1n) is 10.1. The van der Waals surface area contributed by atoms with Crippen LogP contribution in [0, 0.1) is 6.92 Å². The van der Waals surface area contributed by atoms with Crippen molar-refractivity contribution in [2.75, 3.05) is 33.4 Å². The zero-order chi connectivity index (χ0) is 20.4. The molecule has 1 saturated heterocycles. The van der Waals surface area contributed by atoms with Gasteiger partial charge < -0.3 is 24.1 Å². The van der Waals surface area contributed by atoms with Crippen molar-refractivity contribution in [2.24, 2.45) is 0 Å². The number of hydrogen-bond acceptors (Lipinski definition) is 5. The SMILES string of the molecule is COCC(=O)N1CCc2[nH]cnc2C12CCN(C(=O)CCn1ccnc1C)CC2. The molecule has 156 valence electrons. The number of ether oxygens (including phenoxy) is 1. The zero-order valence-electron chi connectivity index (χ0n) is 17.1. The summed E-state index contributed by atoms with van der Waals surface area (Å²) in [6.45, 7) is 4.51. The lowest BCUT2D eigenvalue weighted by atomic mass is 9.78. The molecule has 4 rings (SSSR count). The number of aromatic nitrogens is 4. The van der Waals surface area contributed by atoms with Crippen molar-refractivity contribution in [1.29, 1.82) is 0 Å². The quantitative estimate of drug-likeness (QED) is 0.803. The fraction of sp³-hybridized carbons (Fsp3) is 0.600. The number of fused-ring (bicyclic) bond motifs is 2. The molecule has 0 aromatic carbocycles. The number of methoxy groups -OCH3 is 1. The average molecular weight is 400 g/mol. The molecule has 2 aromatic heterocycles. The summed E-state index contributed by atoms with van der Waals surface area (Å²) in [5, 5.41) is 0. The van der Waals surface area contributed by atoms with E-state index in [2.05, 4.69) is 15.0 Å². The van der Waals surface area contributed by atoms with Crippen molar-refractivity contribution in [3.05, 3.63) is 35.9 Å². The van der Waals surface area contributed by atoms with Gasteiger partial charge in [-0.15, -0.1) is 0 Å². The third kappa shape index (κ3) is 3.55. The largest absolute Gasteiger partial charge is 0.375 e. The van der Waals surface area contributed by atoms with Crippen LogP contribution in [0.4, 0.5) is 0 Å². The number of amides is 2.